The van der Waals surface area contributed by atoms with E-state index in [9.17, 15) is 0 Å². The van der Waals surface area contributed by atoms with Crippen molar-refractivity contribution >= 4 is 0 Å². The van der Waals surface area contributed by atoms with Crippen molar-refractivity contribution < 1.29 is 4.74 Å². The summed E-state index contributed by atoms with van der Waals surface area (Å²) in [4.78, 5) is 0. The molecule has 1 aromatic carbocycles. The Morgan fingerprint density at radius 1 is 1.33 bits per heavy atom. The van der Waals surface area contributed by atoms with Crippen LogP contribution in [0.5, 0.6) is 5.75 Å². The van der Waals surface area contributed by atoms with Gasteiger partial charge >= 0.3 is 0 Å². The first-order valence-electron chi connectivity index (χ1n) is 6.39. The highest BCUT2D eigenvalue weighted by Crippen LogP contribution is 2.39. The van der Waals surface area contributed by atoms with Gasteiger partial charge in [-0.25, -0.2) is 0 Å². The fourth-order valence-corrected chi connectivity index (χ4v) is 2.57. The summed E-state index contributed by atoms with van der Waals surface area (Å²) in [5.74, 6) is 0.960. The Balaban J connectivity index is 3.37. The van der Waals surface area contributed by atoms with Crippen molar-refractivity contribution in [3.63, 3.8) is 0 Å². The van der Waals surface area contributed by atoms with Gasteiger partial charge in [-0.1, -0.05) is 31.5 Å². The molecule has 18 heavy (non-hydrogen) atoms. The summed E-state index contributed by atoms with van der Waals surface area (Å²) >= 11 is 0. The highest BCUT2D eigenvalue weighted by atomic mass is 16.5. The molecule has 3 heteroatoms. The third-order valence-corrected chi connectivity index (χ3v) is 3.56. The summed E-state index contributed by atoms with van der Waals surface area (Å²) in [6.45, 7) is 9.15. The zero-order valence-electron chi connectivity index (χ0n) is 12.4. The summed E-state index contributed by atoms with van der Waals surface area (Å²) in [7, 11) is 3.70. The van der Waals surface area contributed by atoms with Crippen molar-refractivity contribution in [1.29, 1.82) is 0 Å². The molecule has 1 atom stereocenters. The van der Waals surface area contributed by atoms with Crippen LogP contribution in [0, 0.1) is 19.3 Å². The standard InChI is InChI=1S/C15H26N2O/c1-10-7-11(2)13(18-6)12(8-10)14(17-5)15(3,4)9-16/h7-8,14,17H,9,16H2,1-6H3. The van der Waals surface area contributed by atoms with Gasteiger partial charge in [0.25, 0.3) is 0 Å². The molecule has 0 bridgehead atoms. The summed E-state index contributed by atoms with van der Waals surface area (Å²) in [6, 6.07) is 4.51. The van der Waals surface area contributed by atoms with Crippen molar-refractivity contribution in [3.8, 4) is 5.75 Å². The molecular formula is C15H26N2O. The number of benzene rings is 1. The van der Waals surface area contributed by atoms with E-state index in [1.165, 1.54) is 16.7 Å². The zero-order chi connectivity index (χ0) is 13.9. The van der Waals surface area contributed by atoms with Crippen molar-refractivity contribution in [3.05, 3.63) is 28.8 Å². The minimum Gasteiger partial charge on any atom is -0.496 e. The van der Waals surface area contributed by atoms with Gasteiger partial charge in [-0.05, 0) is 38.4 Å². The quantitative estimate of drug-likeness (QED) is 0.844. The summed E-state index contributed by atoms with van der Waals surface area (Å²) in [5, 5.41) is 3.38. The van der Waals surface area contributed by atoms with Crippen molar-refractivity contribution in [2.24, 2.45) is 11.1 Å². The van der Waals surface area contributed by atoms with Gasteiger partial charge in [0.1, 0.15) is 5.75 Å². The topological polar surface area (TPSA) is 47.3 Å². The SMILES string of the molecule is CNC(c1cc(C)cc(C)c1OC)C(C)(C)CN. The number of aryl methyl sites for hydroxylation is 2. The first-order chi connectivity index (χ1) is 8.37. The Hall–Kier alpha value is -1.06. The molecule has 1 rings (SSSR count). The molecule has 1 unspecified atom stereocenters. The number of nitrogens with two attached hydrogens (primary N) is 1. The van der Waals surface area contributed by atoms with Crippen LogP contribution in [0.4, 0.5) is 0 Å². The van der Waals surface area contributed by atoms with Crippen LogP contribution in [0.3, 0.4) is 0 Å². The van der Waals surface area contributed by atoms with Gasteiger partial charge in [0.15, 0.2) is 0 Å². The van der Waals surface area contributed by atoms with Crippen LogP contribution in [0.25, 0.3) is 0 Å². The van der Waals surface area contributed by atoms with Crippen molar-refractivity contribution in [2.45, 2.75) is 33.7 Å². The number of ether oxygens (including phenoxy) is 1. The van der Waals surface area contributed by atoms with Gasteiger partial charge in [-0.2, -0.15) is 0 Å². The minimum absolute atomic E-state index is 0.0255. The average Bonchev–Trinajstić information content (AvgIpc) is 2.29. The van der Waals surface area contributed by atoms with Gasteiger partial charge in [-0.15, -0.1) is 0 Å². The van der Waals surface area contributed by atoms with Crippen LogP contribution >= 0.6 is 0 Å². The van der Waals surface area contributed by atoms with E-state index in [1.807, 2.05) is 7.05 Å². The van der Waals surface area contributed by atoms with Crippen LogP contribution in [0.2, 0.25) is 0 Å². The van der Waals surface area contributed by atoms with Gasteiger partial charge in [0.2, 0.25) is 0 Å². The Morgan fingerprint density at radius 3 is 2.39 bits per heavy atom. The molecule has 102 valence electrons. The molecular weight excluding hydrogens is 224 g/mol. The van der Waals surface area contributed by atoms with Gasteiger partial charge in [-0.3, -0.25) is 0 Å². The summed E-state index contributed by atoms with van der Waals surface area (Å²) < 4.78 is 5.57. The first kappa shape index (κ1) is 15.0. The Morgan fingerprint density at radius 2 is 1.94 bits per heavy atom. The van der Waals surface area contributed by atoms with Gasteiger partial charge < -0.3 is 15.8 Å². The smallest absolute Gasteiger partial charge is 0.126 e. The molecule has 0 saturated carbocycles. The summed E-state index contributed by atoms with van der Waals surface area (Å²) in [5.41, 5.74) is 9.48. The number of rotatable bonds is 5. The largest absolute Gasteiger partial charge is 0.496 e. The van der Waals surface area contributed by atoms with E-state index >= 15 is 0 Å². The second-order valence-corrected chi connectivity index (χ2v) is 5.62. The molecule has 0 heterocycles. The lowest BCUT2D eigenvalue weighted by Gasteiger charge is -2.34. The molecule has 0 aliphatic carbocycles. The normalized spacial score (nSPS) is 13.5. The number of hydrogen-bond acceptors (Lipinski definition) is 3. The lowest BCUT2D eigenvalue weighted by Crippen LogP contribution is -2.38. The zero-order valence-corrected chi connectivity index (χ0v) is 12.4. The van der Waals surface area contributed by atoms with E-state index < -0.39 is 0 Å². The van der Waals surface area contributed by atoms with Crippen LogP contribution in [-0.2, 0) is 0 Å². The third kappa shape index (κ3) is 2.85. The molecule has 0 fully saturated rings. The van der Waals surface area contributed by atoms with E-state index in [4.69, 9.17) is 10.5 Å². The van der Waals surface area contributed by atoms with Crippen LogP contribution < -0.4 is 15.8 Å². The molecule has 0 aromatic heterocycles. The van der Waals surface area contributed by atoms with Crippen LogP contribution in [0.15, 0.2) is 12.1 Å². The molecule has 0 spiro atoms. The minimum atomic E-state index is -0.0255. The lowest BCUT2D eigenvalue weighted by atomic mass is 9.79. The Labute approximate surface area is 111 Å². The lowest BCUT2D eigenvalue weighted by molar-refractivity contribution is 0.258. The predicted molar refractivity (Wildman–Crippen MR) is 77.1 cm³/mol. The van der Waals surface area contributed by atoms with Gasteiger partial charge in [0.05, 0.1) is 7.11 Å². The van der Waals surface area contributed by atoms with E-state index in [0.717, 1.165) is 5.75 Å². The van der Waals surface area contributed by atoms with E-state index in [2.05, 4.69) is 45.1 Å². The van der Waals surface area contributed by atoms with E-state index in [1.54, 1.807) is 7.11 Å². The predicted octanol–water partition coefficient (Wildman–Crippen LogP) is 2.56. The highest BCUT2D eigenvalue weighted by molar-refractivity contribution is 5.46. The molecule has 3 N–H and O–H groups in total. The molecule has 0 amide bonds. The molecule has 3 nitrogen and oxygen atoms in total. The maximum Gasteiger partial charge on any atom is 0.126 e. The third-order valence-electron chi connectivity index (χ3n) is 3.56. The fraction of sp³-hybridized carbons (Fsp3) is 0.600. The van der Waals surface area contributed by atoms with Crippen LogP contribution in [-0.4, -0.2) is 20.7 Å². The number of hydrogen-bond donors (Lipinski definition) is 2. The maximum atomic E-state index is 5.91. The Bertz CT molecular complexity index is 413. The van der Waals surface area contributed by atoms with Gasteiger partial charge in [0, 0.05) is 11.6 Å². The molecule has 0 radical (unpaired) electrons. The maximum absolute atomic E-state index is 5.91. The number of nitrogens with one attached hydrogen (secondary N) is 1. The second-order valence-electron chi connectivity index (χ2n) is 5.62. The first-order valence-corrected chi connectivity index (χ1v) is 6.39. The average molecular weight is 250 g/mol. The van der Waals surface area contributed by atoms with E-state index in [0.29, 0.717) is 6.54 Å². The highest BCUT2D eigenvalue weighted by Gasteiger charge is 2.31. The number of methoxy groups -OCH3 is 1. The van der Waals surface area contributed by atoms with Crippen LogP contribution in [0.1, 0.15) is 36.6 Å². The second kappa shape index (κ2) is 5.72. The van der Waals surface area contributed by atoms with E-state index in [-0.39, 0.29) is 11.5 Å². The fourth-order valence-electron chi connectivity index (χ4n) is 2.57. The Kier molecular flexibility index (Phi) is 4.77. The van der Waals surface area contributed by atoms with Crippen molar-refractivity contribution in [2.75, 3.05) is 20.7 Å². The molecule has 0 aliphatic rings. The molecule has 1 aromatic rings. The molecule has 0 saturated heterocycles. The summed E-state index contributed by atoms with van der Waals surface area (Å²) in [6.07, 6.45) is 0. The van der Waals surface area contributed by atoms with Crippen molar-refractivity contribution in [1.82, 2.24) is 5.32 Å². The molecule has 0 aliphatic heterocycles. The monoisotopic (exact) mass is 250 g/mol.